The van der Waals surface area contributed by atoms with Crippen LogP contribution in [0.4, 0.5) is 18.9 Å². The van der Waals surface area contributed by atoms with Crippen LogP contribution in [0.5, 0.6) is 11.5 Å². The number of alkyl halides is 3. The third kappa shape index (κ3) is 6.14. The van der Waals surface area contributed by atoms with Gasteiger partial charge < -0.3 is 20.5 Å². The minimum Gasteiger partial charge on any atom is -0.562 e. The SMILES string of the molecule is Oc1ccc(CO[N-]c2ccc(-c3cc(C(F)(F)F)nn3-c3ccccc3Cl)cc2)cc1O.[K+]. The molecule has 1 heterocycles. The number of benzene rings is 3. The third-order valence-electron chi connectivity index (χ3n) is 4.68. The average Bonchev–Trinajstić information content (AvgIpc) is 3.23. The van der Waals surface area contributed by atoms with Crippen molar-refractivity contribution in [3.63, 3.8) is 0 Å². The van der Waals surface area contributed by atoms with Crippen LogP contribution in [0.3, 0.4) is 0 Å². The molecule has 0 unspecified atom stereocenters. The van der Waals surface area contributed by atoms with Gasteiger partial charge in [0.2, 0.25) is 0 Å². The molecule has 0 radical (unpaired) electrons. The van der Waals surface area contributed by atoms with Gasteiger partial charge in [0.05, 0.1) is 23.0 Å². The zero-order valence-electron chi connectivity index (χ0n) is 17.8. The summed E-state index contributed by atoms with van der Waals surface area (Å²) in [4.78, 5) is 5.25. The van der Waals surface area contributed by atoms with Gasteiger partial charge in [-0.2, -0.15) is 18.3 Å². The first-order valence-electron chi connectivity index (χ1n) is 9.59. The van der Waals surface area contributed by atoms with Crippen LogP contribution in [0.25, 0.3) is 22.4 Å². The van der Waals surface area contributed by atoms with Crippen LogP contribution >= 0.6 is 11.6 Å². The molecule has 0 aliphatic rings. The molecule has 3 aromatic carbocycles. The van der Waals surface area contributed by atoms with Gasteiger partial charge in [-0.05, 0) is 35.9 Å². The zero-order chi connectivity index (χ0) is 23.6. The summed E-state index contributed by atoms with van der Waals surface area (Å²) in [5.74, 6) is -0.509. The Kier molecular flexibility index (Phi) is 8.69. The summed E-state index contributed by atoms with van der Waals surface area (Å²) in [5.41, 5.74) is 4.95. The number of aromatic nitrogens is 2. The van der Waals surface area contributed by atoms with Crippen molar-refractivity contribution in [1.29, 1.82) is 0 Å². The van der Waals surface area contributed by atoms with Crippen molar-refractivity contribution < 1.29 is 79.6 Å². The van der Waals surface area contributed by atoms with Gasteiger partial charge in [-0.3, -0.25) is 0 Å². The Morgan fingerprint density at radius 2 is 1.65 bits per heavy atom. The van der Waals surface area contributed by atoms with Gasteiger partial charge in [0.25, 0.3) is 0 Å². The average molecular weight is 514 g/mol. The van der Waals surface area contributed by atoms with Crippen LogP contribution in [0, 0.1) is 0 Å². The molecule has 0 aliphatic carbocycles. The van der Waals surface area contributed by atoms with E-state index in [9.17, 15) is 23.4 Å². The second-order valence-electron chi connectivity index (χ2n) is 7.01. The molecule has 1 aromatic heterocycles. The molecule has 6 nitrogen and oxygen atoms in total. The summed E-state index contributed by atoms with van der Waals surface area (Å²) in [6, 6.07) is 18.1. The van der Waals surface area contributed by atoms with Crippen LogP contribution < -0.4 is 51.4 Å². The summed E-state index contributed by atoms with van der Waals surface area (Å²) >= 11 is 6.19. The standard InChI is InChI=1S/C23H16ClF3N3O3.K/c24-17-3-1-2-4-18(17)30-19(12-22(28-30)23(25,26)27)15-6-8-16(9-7-15)29-33-13-14-5-10-20(31)21(32)11-14;/h1-12H,13H2,(H2-,28,29,31,32);/q-1;+1. The van der Waals surface area contributed by atoms with E-state index in [0.29, 0.717) is 22.5 Å². The fraction of sp³-hybridized carbons (Fsp3) is 0.0870. The van der Waals surface area contributed by atoms with Crippen LogP contribution in [0.2, 0.25) is 5.02 Å². The number of para-hydroxylation sites is 1. The van der Waals surface area contributed by atoms with Gasteiger partial charge in [0.15, 0.2) is 17.2 Å². The predicted molar refractivity (Wildman–Crippen MR) is 117 cm³/mol. The predicted octanol–water partition coefficient (Wildman–Crippen LogP) is 3.76. The second-order valence-corrected chi connectivity index (χ2v) is 7.42. The molecule has 4 rings (SSSR count). The van der Waals surface area contributed by atoms with Crippen molar-refractivity contribution in [2.75, 3.05) is 0 Å². The summed E-state index contributed by atoms with van der Waals surface area (Å²) in [6.07, 6.45) is -4.62. The Morgan fingerprint density at radius 3 is 2.29 bits per heavy atom. The minimum absolute atomic E-state index is 0. The van der Waals surface area contributed by atoms with Gasteiger partial charge in [0, 0.05) is 5.56 Å². The van der Waals surface area contributed by atoms with Crippen LogP contribution in [-0.2, 0) is 17.6 Å². The maximum atomic E-state index is 13.3. The molecule has 170 valence electrons. The Hall–Kier alpha value is -2.05. The summed E-state index contributed by atoms with van der Waals surface area (Å²) < 4.78 is 41.2. The van der Waals surface area contributed by atoms with E-state index in [1.54, 1.807) is 54.6 Å². The van der Waals surface area contributed by atoms with Crippen molar-refractivity contribution in [1.82, 2.24) is 9.78 Å². The van der Waals surface area contributed by atoms with Crippen molar-refractivity contribution in [3.05, 3.63) is 94.6 Å². The van der Waals surface area contributed by atoms with Gasteiger partial charge >= 0.3 is 57.6 Å². The molecular formula is C23H16ClF3KN3O3. The monoisotopic (exact) mass is 513 g/mol. The molecule has 0 fully saturated rings. The fourth-order valence-corrected chi connectivity index (χ4v) is 3.28. The topological polar surface area (TPSA) is 81.6 Å². The second kappa shape index (κ2) is 11.1. The minimum atomic E-state index is -4.62. The molecule has 0 spiro atoms. The largest absolute Gasteiger partial charge is 1.00 e. The number of hydrogen-bond donors (Lipinski definition) is 2. The van der Waals surface area contributed by atoms with Gasteiger partial charge in [0.1, 0.15) is 0 Å². The molecule has 4 aromatic rings. The first kappa shape index (κ1) is 26.5. The number of aromatic hydroxyl groups is 2. The molecule has 0 amide bonds. The summed E-state index contributed by atoms with van der Waals surface area (Å²) in [5, 5.41) is 22.8. The maximum Gasteiger partial charge on any atom is 1.00 e. The van der Waals surface area contributed by atoms with E-state index in [2.05, 4.69) is 10.6 Å². The zero-order valence-corrected chi connectivity index (χ0v) is 21.7. The van der Waals surface area contributed by atoms with E-state index in [0.717, 1.165) is 10.7 Å². The molecule has 0 saturated carbocycles. The normalized spacial score (nSPS) is 11.2. The van der Waals surface area contributed by atoms with E-state index >= 15 is 0 Å². The summed E-state index contributed by atoms with van der Waals surface area (Å²) in [7, 11) is 0. The molecule has 34 heavy (non-hydrogen) atoms. The first-order valence-corrected chi connectivity index (χ1v) is 9.96. The Morgan fingerprint density at radius 1 is 0.941 bits per heavy atom. The first-order chi connectivity index (χ1) is 15.7. The van der Waals surface area contributed by atoms with Crippen molar-refractivity contribution in [2.24, 2.45) is 0 Å². The van der Waals surface area contributed by atoms with E-state index in [1.807, 2.05) is 0 Å². The molecule has 0 atom stereocenters. The molecule has 11 heteroatoms. The van der Waals surface area contributed by atoms with Crippen molar-refractivity contribution in [2.45, 2.75) is 12.8 Å². The Balaban J connectivity index is 0.00000324. The Bertz CT molecular complexity index is 1280. The van der Waals surface area contributed by atoms with Crippen LogP contribution in [-0.4, -0.2) is 20.0 Å². The van der Waals surface area contributed by atoms with E-state index in [4.69, 9.17) is 16.4 Å². The van der Waals surface area contributed by atoms with Gasteiger partial charge in [-0.1, -0.05) is 54.1 Å². The molecule has 0 aliphatic heterocycles. The Labute approximate surface area is 240 Å². The molecule has 0 bridgehead atoms. The molecule has 0 saturated heterocycles. The number of halogens is 4. The van der Waals surface area contributed by atoms with Gasteiger partial charge in [-0.15, -0.1) is 5.69 Å². The maximum absolute atomic E-state index is 13.3. The number of phenols is 2. The third-order valence-corrected chi connectivity index (χ3v) is 5.00. The van der Waals surface area contributed by atoms with Crippen LogP contribution in [0.1, 0.15) is 11.3 Å². The number of rotatable bonds is 6. The fourth-order valence-electron chi connectivity index (χ4n) is 3.07. The molecular weight excluding hydrogens is 498 g/mol. The summed E-state index contributed by atoms with van der Waals surface area (Å²) in [6.45, 7) is 0.0454. The number of nitrogens with zero attached hydrogens (tertiary/aromatic N) is 3. The van der Waals surface area contributed by atoms with Crippen LogP contribution in [0.15, 0.2) is 72.8 Å². The smallest absolute Gasteiger partial charge is 0.562 e. The van der Waals surface area contributed by atoms with E-state index in [-0.39, 0.29) is 80.2 Å². The number of phenolic OH excluding ortho intramolecular Hbond substituents is 2. The number of hydrogen-bond acceptors (Lipinski definition) is 4. The van der Waals surface area contributed by atoms with Gasteiger partial charge in [-0.25, -0.2) is 4.68 Å². The van der Waals surface area contributed by atoms with E-state index in [1.165, 1.54) is 12.1 Å². The quantitative estimate of drug-likeness (QED) is 0.234. The van der Waals surface area contributed by atoms with Crippen molar-refractivity contribution in [3.8, 4) is 28.4 Å². The van der Waals surface area contributed by atoms with E-state index < -0.39 is 11.9 Å². The molecule has 2 N–H and O–H groups in total. The van der Waals surface area contributed by atoms with Crippen molar-refractivity contribution >= 4 is 17.3 Å².